The molecule has 2 aliphatic rings. The van der Waals surface area contributed by atoms with E-state index in [2.05, 4.69) is 15.3 Å². The third-order valence-corrected chi connectivity index (χ3v) is 4.76. The van der Waals surface area contributed by atoms with E-state index in [1.165, 1.54) is 18.3 Å². The predicted octanol–water partition coefficient (Wildman–Crippen LogP) is 3.58. The molecular formula is C18H19F3N4O2. The monoisotopic (exact) mass is 380 g/mol. The lowest BCUT2D eigenvalue weighted by Gasteiger charge is -2.37. The summed E-state index contributed by atoms with van der Waals surface area (Å²) in [5, 5.41) is 2.76. The van der Waals surface area contributed by atoms with Crippen molar-refractivity contribution in [2.75, 3.05) is 36.5 Å². The third-order valence-electron chi connectivity index (χ3n) is 4.76. The van der Waals surface area contributed by atoms with E-state index in [4.69, 9.17) is 9.47 Å². The standard InChI is InChI=1S/C18H19F3N4O2/c19-18(20,21)13-3-1-2-4-14(13)23-15-5-8-22-16(24-15)25-9-6-17(7-10-25)26-11-12-27-17/h1-5,8H,6-7,9-12H2,(H,22,23,24). The second kappa shape index (κ2) is 6.97. The minimum Gasteiger partial charge on any atom is -0.347 e. The first-order chi connectivity index (χ1) is 13.0. The van der Waals surface area contributed by atoms with Crippen LogP contribution in [0.15, 0.2) is 36.5 Å². The number of piperidine rings is 1. The Bertz CT molecular complexity index is 799. The van der Waals surface area contributed by atoms with Crippen molar-refractivity contribution >= 4 is 17.5 Å². The molecule has 9 heteroatoms. The number of nitrogens with zero attached hydrogens (tertiary/aromatic N) is 3. The average Bonchev–Trinajstić information content (AvgIpc) is 3.10. The summed E-state index contributed by atoms with van der Waals surface area (Å²) < 4.78 is 50.9. The molecule has 0 atom stereocenters. The van der Waals surface area contributed by atoms with Gasteiger partial charge in [-0.2, -0.15) is 18.2 Å². The Balaban J connectivity index is 1.49. The molecule has 4 rings (SSSR count). The maximum Gasteiger partial charge on any atom is 0.418 e. The first kappa shape index (κ1) is 18.0. The van der Waals surface area contributed by atoms with Crippen LogP contribution < -0.4 is 10.2 Å². The van der Waals surface area contributed by atoms with E-state index in [0.29, 0.717) is 50.9 Å². The van der Waals surface area contributed by atoms with Gasteiger partial charge < -0.3 is 19.7 Å². The van der Waals surface area contributed by atoms with Crippen molar-refractivity contribution < 1.29 is 22.6 Å². The number of anilines is 3. The molecule has 27 heavy (non-hydrogen) atoms. The van der Waals surface area contributed by atoms with Crippen molar-refractivity contribution in [1.29, 1.82) is 0 Å². The summed E-state index contributed by atoms with van der Waals surface area (Å²) >= 11 is 0. The molecule has 6 nitrogen and oxygen atoms in total. The second-order valence-electron chi connectivity index (χ2n) is 6.50. The molecule has 2 aromatic rings. The fourth-order valence-corrected chi connectivity index (χ4v) is 3.38. The van der Waals surface area contributed by atoms with Gasteiger partial charge in [-0.1, -0.05) is 12.1 Å². The molecule has 0 aliphatic carbocycles. The molecule has 0 bridgehead atoms. The highest BCUT2D eigenvalue weighted by Crippen LogP contribution is 2.36. The van der Waals surface area contributed by atoms with Crippen LogP contribution in [0.4, 0.5) is 30.6 Å². The fourth-order valence-electron chi connectivity index (χ4n) is 3.38. The van der Waals surface area contributed by atoms with E-state index in [-0.39, 0.29) is 5.69 Å². The van der Waals surface area contributed by atoms with Crippen LogP contribution in [0.2, 0.25) is 0 Å². The Hall–Kier alpha value is -2.39. The van der Waals surface area contributed by atoms with Crippen LogP contribution in [0.5, 0.6) is 0 Å². The van der Waals surface area contributed by atoms with Crippen LogP contribution in [-0.4, -0.2) is 42.1 Å². The summed E-state index contributed by atoms with van der Waals surface area (Å²) in [6.07, 6.45) is -1.51. The minimum absolute atomic E-state index is 0.0417. The molecule has 1 aromatic heterocycles. The highest BCUT2D eigenvalue weighted by atomic mass is 19.4. The number of hydrogen-bond acceptors (Lipinski definition) is 6. The first-order valence-corrected chi connectivity index (χ1v) is 8.74. The Morgan fingerprint density at radius 3 is 2.44 bits per heavy atom. The number of aromatic nitrogens is 2. The number of rotatable bonds is 3. The molecular weight excluding hydrogens is 361 g/mol. The Kier molecular flexibility index (Phi) is 4.65. The maximum atomic E-state index is 13.2. The van der Waals surface area contributed by atoms with Crippen LogP contribution in [0.1, 0.15) is 18.4 Å². The summed E-state index contributed by atoms with van der Waals surface area (Å²) in [4.78, 5) is 10.6. The zero-order valence-corrected chi connectivity index (χ0v) is 14.5. The molecule has 0 saturated carbocycles. The zero-order valence-electron chi connectivity index (χ0n) is 14.5. The summed E-state index contributed by atoms with van der Waals surface area (Å²) in [7, 11) is 0. The van der Waals surface area contributed by atoms with E-state index in [1.54, 1.807) is 12.1 Å². The first-order valence-electron chi connectivity index (χ1n) is 8.74. The number of nitrogens with one attached hydrogen (secondary N) is 1. The van der Waals surface area contributed by atoms with Crippen LogP contribution in [-0.2, 0) is 15.7 Å². The van der Waals surface area contributed by atoms with Gasteiger partial charge in [-0.3, -0.25) is 0 Å². The van der Waals surface area contributed by atoms with Gasteiger partial charge in [0.1, 0.15) is 5.82 Å². The highest BCUT2D eigenvalue weighted by molar-refractivity contribution is 5.62. The van der Waals surface area contributed by atoms with Gasteiger partial charge in [-0.25, -0.2) is 4.98 Å². The lowest BCUT2D eigenvalue weighted by atomic mass is 10.0. The highest BCUT2D eigenvalue weighted by Gasteiger charge is 2.40. The van der Waals surface area contributed by atoms with Crippen LogP contribution in [0.25, 0.3) is 0 Å². The number of halogens is 3. The van der Waals surface area contributed by atoms with Crippen LogP contribution in [0, 0.1) is 0 Å². The van der Waals surface area contributed by atoms with E-state index in [9.17, 15) is 13.2 Å². The van der Waals surface area contributed by atoms with Gasteiger partial charge in [-0.15, -0.1) is 0 Å². The third kappa shape index (κ3) is 3.84. The van der Waals surface area contributed by atoms with E-state index < -0.39 is 17.5 Å². The summed E-state index contributed by atoms with van der Waals surface area (Å²) in [5.74, 6) is 0.278. The van der Waals surface area contributed by atoms with Gasteiger partial charge in [0.05, 0.1) is 24.5 Å². The Morgan fingerprint density at radius 2 is 1.74 bits per heavy atom. The van der Waals surface area contributed by atoms with Gasteiger partial charge in [0.2, 0.25) is 5.95 Å². The number of alkyl halides is 3. The van der Waals surface area contributed by atoms with Gasteiger partial charge >= 0.3 is 6.18 Å². The van der Waals surface area contributed by atoms with Crippen LogP contribution >= 0.6 is 0 Å². The molecule has 3 heterocycles. The van der Waals surface area contributed by atoms with E-state index >= 15 is 0 Å². The van der Waals surface area contributed by atoms with Gasteiger partial charge in [0.25, 0.3) is 0 Å². The second-order valence-corrected chi connectivity index (χ2v) is 6.50. The van der Waals surface area contributed by atoms with Gasteiger partial charge in [0, 0.05) is 32.1 Å². The van der Waals surface area contributed by atoms with Crippen molar-refractivity contribution in [3.63, 3.8) is 0 Å². The Labute approximate surface area is 154 Å². The normalized spacial score (nSPS) is 19.4. The van der Waals surface area contributed by atoms with E-state index in [1.807, 2.05) is 4.90 Å². The smallest absolute Gasteiger partial charge is 0.347 e. The number of ether oxygens (including phenoxy) is 2. The topological polar surface area (TPSA) is 59.5 Å². The lowest BCUT2D eigenvalue weighted by molar-refractivity contribution is -0.169. The van der Waals surface area contributed by atoms with Crippen molar-refractivity contribution in [3.8, 4) is 0 Å². The number of hydrogen-bond donors (Lipinski definition) is 1. The zero-order chi connectivity index (χ0) is 18.9. The van der Waals surface area contributed by atoms with Crippen LogP contribution in [0.3, 0.4) is 0 Å². The maximum absolute atomic E-state index is 13.2. The van der Waals surface area contributed by atoms with Gasteiger partial charge in [0.15, 0.2) is 5.79 Å². The Morgan fingerprint density at radius 1 is 1.04 bits per heavy atom. The molecule has 2 fully saturated rings. The molecule has 1 N–H and O–H groups in total. The van der Waals surface area contributed by atoms with Crippen molar-refractivity contribution in [2.45, 2.75) is 24.8 Å². The average molecular weight is 380 g/mol. The SMILES string of the molecule is FC(F)(F)c1ccccc1Nc1ccnc(N2CCC3(CC2)OCCO3)n1. The molecule has 2 aliphatic heterocycles. The number of benzene rings is 1. The molecule has 1 aromatic carbocycles. The summed E-state index contributed by atoms with van der Waals surface area (Å²) in [5.41, 5.74) is -0.777. The van der Waals surface area contributed by atoms with Crippen molar-refractivity contribution in [2.24, 2.45) is 0 Å². The molecule has 0 amide bonds. The quantitative estimate of drug-likeness (QED) is 0.878. The molecule has 0 radical (unpaired) electrons. The van der Waals surface area contributed by atoms with E-state index in [0.717, 1.165) is 6.07 Å². The molecule has 1 spiro atoms. The molecule has 144 valence electrons. The van der Waals surface area contributed by atoms with Crippen molar-refractivity contribution in [1.82, 2.24) is 9.97 Å². The van der Waals surface area contributed by atoms with Crippen molar-refractivity contribution in [3.05, 3.63) is 42.1 Å². The summed E-state index contributed by atoms with van der Waals surface area (Å²) in [6, 6.07) is 6.87. The largest absolute Gasteiger partial charge is 0.418 e. The minimum atomic E-state index is -4.44. The fraction of sp³-hybridized carbons (Fsp3) is 0.444. The van der Waals surface area contributed by atoms with Gasteiger partial charge in [-0.05, 0) is 18.2 Å². The molecule has 2 saturated heterocycles. The predicted molar refractivity (Wildman–Crippen MR) is 92.8 cm³/mol. The summed E-state index contributed by atoms with van der Waals surface area (Å²) in [6.45, 7) is 2.52. The number of para-hydroxylation sites is 1. The lowest BCUT2D eigenvalue weighted by Crippen LogP contribution is -2.45. The molecule has 0 unspecified atom stereocenters.